The smallest absolute Gasteiger partial charge is 0.293 e. The summed E-state index contributed by atoms with van der Waals surface area (Å²) in [7, 11) is 0. The first-order valence-electron chi connectivity index (χ1n) is 12.8. The number of carbonyl (C=O) groups is 3. The van der Waals surface area contributed by atoms with Gasteiger partial charge in [-0.3, -0.25) is 19.4 Å². The summed E-state index contributed by atoms with van der Waals surface area (Å²) in [6.07, 6.45) is 7.01. The topological polar surface area (TPSA) is 94.6 Å². The lowest BCUT2D eigenvalue weighted by Gasteiger charge is -2.18. The number of nitrogens with zero attached hydrogens (tertiary/aromatic N) is 1. The van der Waals surface area contributed by atoms with E-state index < -0.39 is 6.04 Å². The molecule has 7 nitrogen and oxygen atoms in total. The van der Waals surface area contributed by atoms with Crippen LogP contribution in [0.25, 0.3) is 0 Å². The average molecular weight is 537 g/mol. The lowest BCUT2D eigenvalue weighted by Crippen LogP contribution is -2.42. The van der Waals surface area contributed by atoms with Crippen molar-refractivity contribution in [1.82, 2.24) is 10.3 Å². The van der Waals surface area contributed by atoms with E-state index in [2.05, 4.69) is 15.0 Å². The lowest BCUT2D eigenvalue weighted by atomic mass is 9.97. The number of Topliss-reactive ketones (excluding diaryl/α,β-unsaturated/α-hetero) is 1. The van der Waals surface area contributed by atoms with Crippen LogP contribution in [0, 0.1) is 0 Å². The molecule has 3 aromatic rings. The molecule has 1 N–H and O–H groups in total. The highest BCUT2D eigenvalue weighted by Gasteiger charge is 2.21. The third-order valence-corrected chi connectivity index (χ3v) is 6.21. The van der Waals surface area contributed by atoms with Gasteiger partial charge in [0, 0.05) is 36.7 Å². The first-order chi connectivity index (χ1) is 18.5. The van der Waals surface area contributed by atoms with Gasteiger partial charge in [-0.15, -0.1) is 0 Å². The summed E-state index contributed by atoms with van der Waals surface area (Å²) < 4.78 is 10.3. The van der Waals surface area contributed by atoms with Crippen LogP contribution in [-0.2, 0) is 38.4 Å². The average Bonchev–Trinajstić information content (AvgIpc) is 2.93. The predicted molar refractivity (Wildman–Crippen MR) is 146 cm³/mol. The van der Waals surface area contributed by atoms with Gasteiger partial charge >= 0.3 is 0 Å². The number of pyridine rings is 1. The Hall–Kier alpha value is -3.71. The van der Waals surface area contributed by atoms with Crippen molar-refractivity contribution in [2.45, 2.75) is 51.0 Å². The summed E-state index contributed by atoms with van der Waals surface area (Å²) >= 11 is 6.07. The number of amides is 1. The van der Waals surface area contributed by atoms with E-state index in [1.807, 2.05) is 60.7 Å². The zero-order valence-corrected chi connectivity index (χ0v) is 22.1. The molecule has 2 aromatic carbocycles. The van der Waals surface area contributed by atoms with Crippen LogP contribution in [-0.4, -0.2) is 42.4 Å². The quantitative estimate of drug-likeness (QED) is 0.194. The second-order valence-electron chi connectivity index (χ2n) is 8.95. The maximum Gasteiger partial charge on any atom is 0.293 e. The van der Waals surface area contributed by atoms with Crippen LogP contribution < -0.4 is 10.1 Å². The number of aryl methyl sites for hydroxylation is 2. The molecular weight excluding hydrogens is 504 g/mol. The first-order valence-corrected chi connectivity index (χ1v) is 13.1. The molecule has 38 heavy (non-hydrogen) atoms. The minimum absolute atomic E-state index is 0.00254. The lowest BCUT2D eigenvalue weighted by molar-refractivity contribution is -0.129. The summed E-state index contributed by atoms with van der Waals surface area (Å²) in [5.41, 5.74) is 2.97. The van der Waals surface area contributed by atoms with Gasteiger partial charge in [0.15, 0.2) is 5.78 Å². The number of aromatic nitrogens is 1. The second-order valence-corrected chi connectivity index (χ2v) is 9.38. The number of nitrogens with one attached hydrogen (secondary N) is 1. The van der Waals surface area contributed by atoms with E-state index in [4.69, 9.17) is 16.3 Å². The number of rotatable bonds is 17. The van der Waals surface area contributed by atoms with Crippen LogP contribution in [0.1, 0.15) is 42.4 Å². The van der Waals surface area contributed by atoms with E-state index in [9.17, 15) is 14.4 Å². The van der Waals surface area contributed by atoms with Gasteiger partial charge in [0.25, 0.3) is 6.47 Å². The Balaban J connectivity index is 1.57. The van der Waals surface area contributed by atoms with Crippen LogP contribution in [0.4, 0.5) is 0 Å². The molecule has 1 aromatic heterocycles. The van der Waals surface area contributed by atoms with Gasteiger partial charge in [-0.1, -0.05) is 41.9 Å². The van der Waals surface area contributed by atoms with Crippen LogP contribution in [0.15, 0.2) is 73.1 Å². The Kier molecular flexibility index (Phi) is 12.3. The highest BCUT2D eigenvalue weighted by molar-refractivity contribution is 6.30. The Morgan fingerprint density at radius 1 is 0.921 bits per heavy atom. The van der Waals surface area contributed by atoms with Gasteiger partial charge in [0.05, 0.1) is 19.3 Å². The zero-order valence-electron chi connectivity index (χ0n) is 21.3. The summed E-state index contributed by atoms with van der Waals surface area (Å²) in [4.78, 5) is 40.2. The summed E-state index contributed by atoms with van der Waals surface area (Å²) in [6.45, 7) is 1.15. The van der Waals surface area contributed by atoms with Crippen molar-refractivity contribution in [3.05, 3.63) is 94.8 Å². The highest BCUT2D eigenvalue weighted by atomic mass is 35.5. The van der Waals surface area contributed by atoms with Gasteiger partial charge < -0.3 is 14.8 Å². The fraction of sp³-hybridized carbons (Fsp3) is 0.333. The van der Waals surface area contributed by atoms with Crippen molar-refractivity contribution in [2.75, 3.05) is 13.2 Å². The molecule has 8 heteroatoms. The van der Waals surface area contributed by atoms with Gasteiger partial charge in [-0.2, -0.15) is 0 Å². The summed E-state index contributed by atoms with van der Waals surface area (Å²) in [5, 5.41) is 3.63. The molecule has 1 atom stereocenters. The largest absolute Gasteiger partial charge is 0.493 e. The van der Waals surface area contributed by atoms with Crippen LogP contribution in [0.3, 0.4) is 0 Å². The SMILES string of the molecule is O=COCCCOc1ccc(C[C@H](NC(=O)CCc2cccnc2)C(=O)CCCc2cccc(Cl)c2)cc1. The molecule has 0 saturated carbocycles. The van der Waals surface area contributed by atoms with E-state index in [-0.39, 0.29) is 18.1 Å². The Morgan fingerprint density at radius 2 is 1.74 bits per heavy atom. The predicted octanol–water partition coefficient (Wildman–Crippen LogP) is 4.93. The number of benzene rings is 2. The minimum Gasteiger partial charge on any atom is -0.493 e. The Bertz CT molecular complexity index is 1150. The molecule has 0 aliphatic carbocycles. The van der Waals surface area contributed by atoms with Crippen molar-refractivity contribution in [2.24, 2.45) is 0 Å². The fourth-order valence-electron chi connectivity index (χ4n) is 3.99. The number of hydrogen-bond donors (Lipinski definition) is 1. The molecular formula is C30H33ClN2O5. The van der Waals surface area contributed by atoms with E-state index in [0.29, 0.717) is 62.6 Å². The normalized spacial score (nSPS) is 11.4. The zero-order chi connectivity index (χ0) is 27.0. The third-order valence-electron chi connectivity index (χ3n) is 5.97. The molecule has 0 aliphatic rings. The monoisotopic (exact) mass is 536 g/mol. The molecule has 0 radical (unpaired) electrons. The molecule has 1 amide bonds. The summed E-state index contributed by atoms with van der Waals surface area (Å²) in [5.74, 6) is 0.515. The number of carbonyl (C=O) groups excluding carboxylic acids is 3. The molecule has 0 bridgehead atoms. The van der Waals surface area contributed by atoms with Crippen LogP contribution >= 0.6 is 11.6 Å². The molecule has 0 spiro atoms. The van der Waals surface area contributed by atoms with Crippen molar-refractivity contribution in [3.8, 4) is 5.75 Å². The number of hydrogen-bond acceptors (Lipinski definition) is 6. The Labute approximate surface area is 228 Å². The standard InChI is InChI=1S/C30H33ClN2O5/c31-26-8-1-5-23(19-26)6-2-9-29(35)28(33-30(36)15-12-25-7-3-16-32-21-25)20-24-10-13-27(14-11-24)38-18-4-17-37-22-34/h1,3,5,7-8,10-11,13-14,16,19,21-22,28H,2,4,6,9,12,15,17-18,20H2,(H,33,36)/t28-/m0/s1. The number of ether oxygens (including phenoxy) is 2. The van der Waals surface area contributed by atoms with E-state index in [1.54, 1.807) is 12.4 Å². The maximum absolute atomic E-state index is 13.2. The van der Waals surface area contributed by atoms with Gasteiger partial charge in [-0.05, 0) is 72.7 Å². The molecule has 200 valence electrons. The van der Waals surface area contributed by atoms with Crippen molar-refractivity contribution >= 4 is 29.8 Å². The van der Waals surface area contributed by atoms with Crippen molar-refractivity contribution < 1.29 is 23.9 Å². The van der Waals surface area contributed by atoms with E-state index in [1.165, 1.54) is 0 Å². The molecule has 1 heterocycles. The molecule has 0 fully saturated rings. The Morgan fingerprint density at radius 3 is 2.47 bits per heavy atom. The van der Waals surface area contributed by atoms with E-state index in [0.717, 1.165) is 23.1 Å². The van der Waals surface area contributed by atoms with Crippen molar-refractivity contribution in [1.29, 1.82) is 0 Å². The molecule has 0 aliphatic heterocycles. The second kappa shape index (κ2) is 16.2. The summed E-state index contributed by atoms with van der Waals surface area (Å²) in [6, 6.07) is 18.2. The molecule has 0 saturated heterocycles. The van der Waals surface area contributed by atoms with Crippen molar-refractivity contribution in [3.63, 3.8) is 0 Å². The maximum atomic E-state index is 13.2. The van der Waals surface area contributed by atoms with Crippen LogP contribution in [0.2, 0.25) is 5.02 Å². The minimum atomic E-state index is -0.622. The van der Waals surface area contributed by atoms with Gasteiger partial charge in [0.2, 0.25) is 5.91 Å². The van der Waals surface area contributed by atoms with Gasteiger partial charge in [0.1, 0.15) is 5.75 Å². The van der Waals surface area contributed by atoms with E-state index >= 15 is 0 Å². The van der Waals surface area contributed by atoms with Gasteiger partial charge in [-0.25, -0.2) is 0 Å². The first kappa shape index (κ1) is 28.9. The highest BCUT2D eigenvalue weighted by Crippen LogP contribution is 2.16. The molecule has 0 unspecified atom stereocenters. The number of halogens is 1. The number of ketones is 1. The molecule has 3 rings (SSSR count). The third kappa shape index (κ3) is 10.7. The van der Waals surface area contributed by atoms with Crippen LogP contribution in [0.5, 0.6) is 5.75 Å². The fourth-order valence-corrected chi connectivity index (χ4v) is 4.20.